The van der Waals surface area contributed by atoms with E-state index < -0.39 is 50.1 Å². The molecule has 2 N–H and O–H groups in total. The summed E-state index contributed by atoms with van der Waals surface area (Å²) in [6, 6.07) is 8.58. The van der Waals surface area contributed by atoms with E-state index >= 15 is 0 Å². The molecule has 1 amide bonds. The van der Waals surface area contributed by atoms with Gasteiger partial charge in [0, 0.05) is 19.4 Å². The van der Waals surface area contributed by atoms with Crippen molar-refractivity contribution in [1.82, 2.24) is 9.79 Å². The Kier molecular flexibility index (Phi) is 8.26. The zero-order valence-electron chi connectivity index (χ0n) is 19.7. The molecule has 0 radical (unpaired) electrons. The highest BCUT2D eigenvalue weighted by atomic mass is 32.2. The van der Waals surface area contributed by atoms with Crippen LogP contribution in [0.15, 0.2) is 47.4 Å². The molecule has 0 saturated carbocycles. The van der Waals surface area contributed by atoms with Crippen LogP contribution in [-0.2, 0) is 20.9 Å². The number of hydrogen-bond donors (Lipinski definition) is 2. The Labute approximate surface area is 212 Å². The first kappa shape index (κ1) is 27.2. The molecule has 1 unspecified atom stereocenters. The second-order valence-electron chi connectivity index (χ2n) is 8.68. The second-order valence-corrected chi connectivity index (χ2v) is 10.5. The Morgan fingerprint density at radius 1 is 1.00 bits per heavy atom. The third kappa shape index (κ3) is 6.00. The number of halogens is 3. The molecular weight excluding hydrogens is 517 g/mol. The van der Waals surface area contributed by atoms with Gasteiger partial charge in [0.2, 0.25) is 10.0 Å². The molecule has 13 heteroatoms. The molecule has 0 aromatic heterocycles. The van der Waals surface area contributed by atoms with E-state index in [2.05, 4.69) is 0 Å². The van der Waals surface area contributed by atoms with Crippen molar-refractivity contribution >= 4 is 15.9 Å². The zero-order chi connectivity index (χ0) is 26.6. The summed E-state index contributed by atoms with van der Waals surface area (Å²) in [7, 11) is -4.48. The van der Waals surface area contributed by atoms with Gasteiger partial charge in [-0.05, 0) is 43.5 Å². The summed E-state index contributed by atoms with van der Waals surface area (Å²) in [6.07, 6.45) is -4.10. The predicted octanol–water partition coefficient (Wildman–Crippen LogP) is 3.96. The van der Waals surface area contributed by atoms with Crippen molar-refractivity contribution in [3.8, 4) is 11.5 Å². The molecule has 0 aliphatic carbocycles. The van der Waals surface area contributed by atoms with Crippen LogP contribution in [0.5, 0.6) is 11.5 Å². The van der Waals surface area contributed by atoms with Crippen LogP contribution in [0, 0.1) is 0 Å². The number of piperidine rings is 1. The smallest absolute Gasteiger partial charge is 0.419 e. The highest BCUT2D eigenvalue weighted by molar-refractivity contribution is 7.89. The predicted molar refractivity (Wildman–Crippen MR) is 124 cm³/mol. The van der Waals surface area contributed by atoms with Gasteiger partial charge in [-0.1, -0.05) is 18.2 Å². The fourth-order valence-corrected chi connectivity index (χ4v) is 6.20. The SMILES string of the molecule is O=C(NO)c1c(OC2CCOCC2)cccc1S(=O)(=O)N1CCCCC1Oc1ccccc1C(F)(F)F. The standard InChI is InChI=1S/C24H27F3N2O7S/c25-24(26,27)17-6-1-2-7-18(17)36-21-10-3-4-13-29(21)37(32,33)20-9-5-8-19(22(20)23(30)28-31)35-16-11-14-34-15-12-16/h1-2,5-9,16,21,31H,3-4,10-15H2,(H,28,30). The third-order valence-corrected chi connectivity index (χ3v) is 8.15. The number of carbonyl (C=O) groups is 1. The molecule has 0 bridgehead atoms. The van der Waals surface area contributed by atoms with Gasteiger partial charge < -0.3 is 14.2 Å². The van der Waals surface area contributed by atoms with Crippen LogP contribution in [-0.4, -0.2) is 55.9 Å². The van der Waals surface area contributed by atoms with Crippen LogP contribution < -0.4 is 15.0 Å². The van der Waals surface area contributed by atoms with Gasteiger partial charge in [0.15, 0.2) is 6.23 Å². The molecule has 1 atom stereocenters. The molecule has 202 valence electrons. The number of carbonyl (C=O) groups excluding carboxylic acids is 1. The lowest BCUT2D eigenvalue weighted by atomic mass is 10.1. The van der Waals surface area contributed by atoms with Gasteiger partial charge in [0.25, 0.3) is 5.91 Å². The van der Waals surface area contributed by atoms with Gasteiger partial charge in [0.05, 0.1) is 23.7 Å². The Bertz CT molecular complexity index is 1220. The van der Waals surface area contributed by atoms with E-state index in [4.69, 9.17) is 14.2 Å². The Hall–Kier alpha value is -2.87. The van der Waals surface area contributed by atoms with Crippen LogP contribution >= 0.6 is 0 Å². The lowest BCUT2D eigenvalue weighted by Crippen LogP contribution is -2.47. The highest BCUT2D eigenvalue weighted by Gasteiger charge is 2.40. The first-order valence-corrected chi connectivity index (χ1v) is 13.2. The average Bonchev–Trinajstić information content (AvgIpc) is 2.88. The summed E-state index contributed by atoms with van der Waals surface area (Å²) < 4.78 is 86.0. The van der Waals surface area contributed by atoms with E-state index in [0.717, 1.165) is 16.4 Å². The van der Waals surface area contributed by atoms with Crippen LogP contribution in [0.1, 0.15) is 48.0 Å². The molecule has 2 fully saturated rings. The summed E-state index contributed by atoms with van der Waals surface area (Å²) >= 11 is 0. The Morgan fingerprint density at radius 2 is 1.70 bits per heavy atom. The van der Waals surface area contributed by atoms with Crippen LogP contribution in [0.2, 0.25) is 0 Å². The fourth-order valence-electron chi connectivity index (χ4n) is 4.42. The van der Waals surface area contributed by atoms with E-state index in [1.165, 1.54) is 35.8 Å². The van der Waals surface area contributed by atoms with E-state index in [-0.39, 0.29) is 24.8 Å². The summed E-state index contributed by atoms with van der Waals surface area (Å²) in [5.41, 5.74) is 0.0376. The molecule has 37 heavy (non-hydrogen) atoms. The van der Waals surface area contributed by atoms with Gasteiger partial charge >= 0.3 is 6.18 Å². The number of hydroxylamine groups is 1. The minimum absolute atomic E-state index is 0.0353. The highest BCUT2D eigenvalue weighted by Crippen LogP contribution is 2.38. The van der Waals surface area contributed by atoms with E-state index in [1.807, 2.05) is 0 Å². The van der Waals surface area contributed by atoms with Gasteiger partial charge in [-0.2, -0.15) is 17.5 Å². The normalized spacial score (nSPS) is 19.8. The van der Waals surface area contributed by atoms with Gasteiger partial charge in [0.1, 0.15) is 23.2 Å². The lowest BCUT2D eigenvalue weighted by molar-refractivity contribution is -0.139. The maximum absolute atomic E-state index is 13.8. The van der Waals surface area contributed by atoms with E-state index in [9.17, 15) is 31.6 Å². The summed E-state index contributed by atoms with van der Waals surface area (Å²) in [5.74, 6) is -1.64. The Morgan fingerprint density at radius 3 is 2.41 bits per heavy atom. The molecule has 2 aliphatic rings. The van der Waals surface area contributed by atoms with Crippen molar-refractivity contribution in [1.29, 1.82) is 0 Å². The number of ether oxygens (including phenoxy) is 3. The molecule has 2 heterocycles. The van der Waals surface area contributed by atoms with Gasteiger partial charge in [-0.3, -0.25) is 10.0 Å². The molecule has 9 nitrogen and oxygen atoms in total. The number of hydrogen-bond acceptors (Lipinski definition) is 7. The fraction of sp³-hybridized carbons (Fsp3) is 0.458. The second kappa shape index (κ2) is 11.3. The first-order chi connectivity index (χ1) is 17.6. The third-order valence-electron chi connectivity index (χ3n) is 6.22. The van der Waals surface area contributed by atoms with Gasteiger partial charge in [-0.15, -0.1) is 0 Å². The van der Waals surface area contributed by atoms with Crippen molar-refractivity contribution in [3.63, 3.8) is 0 Å². The van der Waals surface area contributed by atoms with Crippen molar-refractivity contribution in [3.05, 3.63) is 53.6 Å². The Balaban J connectivity index is 1.71. The topological polar surface area (TPSA) is 114 Å². The molecule has 2 aromatic carbocycles. The number of benzene rings is 2. The van der Waals surface area contributed by atoms with Crippen LogP contribution in [0.4, 0.5) is 13.2 Å². The largest absolute Gasteiger partial charge is 0.489 e. The van der Waals surface area contributed by atoms with Crippen LogP contribution in [0.25, 0.3) is 0 Å². The molecule has 2 aliphatic heterocycles. The van der Waals surface area contributed by atoms with E-state index in [1.54, 1.807) is 0 Å². The summed E-state index contributed by atoms with van der Waals surface area (Å²) in [5, 5.41) is 9.36. The monoisotopic (exact) mass is 544 g/mol. The zero-order valence-corrected chi connectivity index (χ0v) is 20.6. The minimum atomic E-state index is -4.70. The number of rotatable bonds is 7. The average molecular weight is 545 g/mol. The molecule has 2 aromatic rings. The summed E-state index contributed by atoms with van der Waals surface area (Å²) in [4.78, 5) is 12.2. The van der Waals surface area contributed by atoms with Crippen molar-refractivity contribution in [2.24, 2.45) is 0 Å². The first-order valence-electron chi connectivity index (χ1n) is 11.8. The minimum Gasteiger partial charge on any atom is -0.489 e. The number of sulfonamides is 1. The van der Waals surface area contributed by atoms with Crippen molar-refractivity contribution < 1.29 is 45.8 Å². The van der Waals surface area contributed by atoms with Gasteiger partial charge in [-0.25, -0.2) is 13.9 Å². The molecular formula is C24H27F3N2O7S. The maximum Gasteiger partial charge on any atom is 0.419 e. The lowest BCUT2D eigenvalue weighted by Gasteiger charge is -2.35. The quantitative estimate of drug-likeness (QED) is 0.401. The number of para-hydroxylation sites is 1. The van der Waals surface area contributed by atoms with Crippen LogP contribution in [0.3, 0.4) is 0 Å². The molecule has 4 rings (SSSR count). The number of alkyl halides is 3. The maximum atomic E-state index is 13.8. The summed E-state index contributed by atoms with van der Waals surface area (Å²) in [6.45, 7) is 0.846. The number of nitrogens with zero attached hydrogens (tertiary/aromatic N) is 1. The number of nitrogens with one attached hydrogen (secondary N) is 1. The van der Waals surface area contributed by atoms with Crippen molar-refractivity contribution in [2.45, 2.75) is 55.5 Å². The van der Waals surface area contributed by atoms with E-state index in [0.29, 0.717) is 38.9 Å². The number of amides is 1. The molecule has 2 saturated heterocycles. The molecule has 0 spiro atoms. The van der Waals surface area contributed by atoms with Crippen molar-refractivity contribution in [2.75, 3.05) is 19.8 Å².